The van der Waals surface area contributed by atoms with Crippen LogP contribution in [0.3, 0.4) is 0 Å². The number of nitrogens with one attached hydrogen (secondary N) is 1. The number of fused-ring (bicyclic) bond motifs is 1. The van der Waals surface area contributed by atoms with Crippen molar-refractivity contribution in [1.82, 2.24) is 25.0 Å². The van der Waals surface area contributed by atoms with Crippen LogP contribution in [0.25, 0.3) is 11.2 Å². The van der Waals surface area contributed by atoms with Gasteiger partial charge in [0, 0.05) is 6.54 Å². The van der Waals surface area contributed by atoms with Crippen LogP contribution in [0.5, 0.6) is 0 Å². The summed E-state index contributed by atoms with van der Waals surface area (Å²) in [6, 6.07) is 0. The summed E-state index contributed by atoms with van der Waals surface area (Å²) in [5.41, 5.74) is 1.52. The van der Waals surface area contributed by atoms with Crippen molar-refractivity contribution in [1.29, 1.82) is 0 Å². The average Bonchev–Trinajstić information content (AvgIpc) is 2.51. The maximum absolute atomic E-state index is 5.00. The van der Waals surface area contributed by atoms with E-state index in [1.54, 1.807) is 11.0 Å². The Hall–Kier alpha value is -1.30. The van der Waals surface area contributed by atoms with Crippen molar-refractivity contribution in [3.05, 3.63) is 11.0 Å². The summed E-state index contributed by atoms with van der Waals surface area (Å²) in [4.78, 5) is 6.91. The molecule has 2 aromatic rings. The molecule has 0 bridgehead atoms. The molecule has 0 unspecified atom stereocenters. The molecule has 0 aliphatic heterocycles. The van der Waals surface area contributed by atoms with Crippen molar-refractivity contribution >= 4 is 23.4 Å². The van der Waals surface area contributed by atoms with Gasteiger partial charge in [-0.3, -0.25) is 0 Å². The van der Waals surface area contributed by atoms with Gasteiger partial charge >= 0.3 is 0 Å². The van der Waals surface area contributed by atoms with Gasteiger partial charge in [-0.2, -0.15) is 0 Å². The van der Waals surface area contributed by atoms with E-state index in [1.165, 1.54) is 0 Å². The largest absolute Gasteiger partial charge is 0.329 e. The fraction of sp³-hybridized carbons (Fsp3) is 0.429. The van der Waals surface area contributed by atoms with Crippen LogP contribution in [0, 0.1) is 4.64 Å². The number of aromatic nitrogens is 5. The predicted molar refractivity (Wildman–Crippen MR) is 50.8 cm³/mol. The number of hydrogen-bond acceptors (Lipinski definition) is 4. The predicted octanol–water partition coefficient (Wildman–Crippen LogP) is 1.29. The molecule has 0 saturated carbocycles. The molecule has 0 fully saturated rings. The lowest BCUT2D eigenvalue weighted by Gasteiger charge is -1.96. The molecule has 2 rings (SSSR count). The second-order valence-electron chi connectivity index (χ2n) is 2.72. The topological polar surface area (TPSA) is 59.4 Å². The van der Waals surface area contributed by atoms with Crippen LogP contribution in [0.2, 0.25) is 0 Å². The first-order chi connectivity index (χ1) is 6.33. The van der Waals surface area contributed by atoms with Gasteiger partial charge in [0.2, 0.25) is 0 Å². The van der Waals surface area contributed by atoms with Gasteiger partial charge in [0.25, 0.3) is 0 Å². The van der Waals surface area contributed by atoms with Gasteiger partial charge < -0.3 is 4.98 Å². The van der Waals surface area contributed by atoms with Crippen molar-refractivity contribution in [2.45, 2.75) is 19.9 Å². The van der Waals surface area contributed by atoms with E-state index in [4.69, 9.17) is 12.2 Å². The number of H-pyrrole nitrogens is 1. The first kappa shape index (κ1) is 8.31. The number of aryl methyl sites for hydroxylation is 1. The number of nitrogens with zero attached hydrogens (tertiary/aromatic N) is 4. The van der Waals surface area contributed by atoms with Crippen LogP contribution in [0.15, 0.2) is 6.33 Å². The zero-order chi connectivity index (χ0) is 9.26. The number of rotatable bonds is 2. The Bertz CT molecular complexity index is 471. The molecule has 6 heteroatoms. The standard InChI is InChI=1S/C7H9N5S/c1-2-3-12-6-5(10-11-12)7(13)9-4-8-6/h4H,2-3H2,1H3,(H,8,9,13). The Morgan fingerprint density at radius 2 is 2.46 bits per heavy atom. The lowest BCUT2D eigenvalue weighted by atomic mass is 10.5. The van der Waals surface area contributed by atoms with E-state index in [-0.39, 0.29) is 0 Å². The van der Waals surface area contributed by atoms with Gasteiger partial charge in [0.1, 0.15) is 0 Å². The number of hydrogen-bond donors (Lipinski definition) is 1. The molecule has 13 heavy (non-hydrogen) atoms. The third-order valence-electron chi connectivity index (χ3n) is 1.76. The Morgan fingerprint density at radius 1 is 1.62 bits per heavy atom. The Labute approximate surface area is 79.8 Å². The first-order valence-electron chi connectivity index (χ1n) is 4.10. The highest BCUT2D eigenvalue weighted by Crippen LogP contribution is 2.06. The van der Waals surface area contributed by atoms with Crippen LogP contribution in [0.4, 0.5) is 0 Å². The third-order valence-corrected chi connectivity index (χ3v) is 2.05. The molecule has 68 valence electrons. The average molecular weight is 195 g/mol. The van der Waals surface area contributed by atoms with Gasteiger partial charge in [-0.1, -0.05) is 24.4 Å². The summed E-state index contributed by atoms with van der Waals surface area (Å²) < 4.78 is 2.29. The Kier molecular flexibility index (Phi) is 2.05. The van der Waals surface area contributed by atoms with Crippen molar-refractivity contribution < 1.29 is 0 Å². The molecule has 0 spiro atoms. The van der Waals surface area contributed by atoms with E-state index >= 15 is 0 Å². The van der Waals surface area contributed by atoms with Crippen molar-refractivity contribution in [3.8, 4) is 0 Å². The van der Waals surface area contributed by atoms with Crippen LogP contribution < -0.4 is 0 Å². The monoisotopic (exact) mass is 195 g/mol. The van der Waals surface area contributed by atoms with Crippen LogP contribution in [-0.2, 0) is 6.54 Å². The second-order valence-corrected chi connectivity index (χ2v) is 3.10. The molecule has 0 atom stereocenters. The highest BCUT2D eigenvalue weighted by atomic mass is 32.1. The number of aromatic amines is 1. The maximum atomic E-state index is 5.00. The molecule has 0 amide bonds. The third kappa shape index (κ3) is 1.33. The highest BCUT2D eigenvalue weighted by molar-refractivity contribution is 7.71. The van der Waals surface area contributed by atoms with Crippen LogP contribution in [0.1, 0.15) is 13.3 Å². The summed E-state index contributed by atoms with van der Waals surface area (Å²) in [7, 11) is 0. The van der Waals surface area contributed by atoms with Crippen molar-refractivity contribution in [2.75, 3.05) is 0 Å². The molecule has 0 radical (unpaired) electrons. The van der Waals surface area contributed by atoms with Crippen LogP contribution >= 0.6 is 12.2 Å². The zero-order valence-electron chi connectivity index (χ0n) is 7.19. The first-order valence-corrected chi connectivity index (χ1v) is 4.50. The van der Waals surface area contributed by atoms with Crippen molar-refractivity contribution in [3.63, 3.8) is 0 Å². The van der Waals surface area contributed by atoms with Gasteiger partial charge in [0.15, 0.2) is 15.8 Å². The summed E-state index contributed by atoms with van der Waals surface area (Å²) in [6.45, 7) is 2.93. The van der Waals surface area contributed by atoms with Crippen LogP contribution in [-0.4, -0.2) is 25.0 Å². The molecule has 0 aliphatic rings. The van der Waals surface area contributed by atoms with Gasteiger partial charge in [-0.15, -0.1) is 5.10 Å². The minimum absolute atomic E-state index is 0.496. The Balaban J connectivity index is 2.68. The smallest absolute Gasteiger partial charge is 0.166 e. The van der Waals surface area contributed by atoms with Crippen molar-refractivity contribution in [2.24, 2.45) is 0 Å². The minimum Gasteiger partial charge on any atom is -0.329 e. The summed E-state index contributed by atoms with van der Waals surface area (Å²) in [5, 5.41) is 7.93. The SMILES string of the molecule is CCCn1nnc2c(=S)nc[nH]c21. The van der Waals surface area contributed by atoms with E-state index in [0.717, 1.165) is 18.6 Å². The zero-order valence-corrected chi connectivity index (χ0v) is 8.01. The molecule has 5 nitrogen and oxygen atoms in total. The lowest BCUT2D eigenvalue weighted by Crippen LogP contribution is -1.99. The summed E-state index contributed by atoms with van der Waals surface area (Å²) in [6.07, 6.45) is 2.58. The molecular formula is C7H9N5S. The molecule has 0 aromatic carbocycles. The molecule has 1 N–H and O–H groups in total. The van der Waals surface area contributed by atoms with E-state index in [0.29, 0.717) is 10.2 Å². The molecular weight excluding hydrogens is 186 g/mol. The van der Waals surface area contributed by atoms with E-state index in [1.807, 2.05) is 0 Å². The summed E-state index contributed by atoms with van der Waals surface area (Å²) >= 11 is 5.00. The molecule has 0 saturated heterocycles. The van der Waals surface area contributed by atoms with E-state index in [9.17, 15) is 0 Å². The minimum atomic E-state index is 0.496. The quantitative estimate of drug-likeness (QED) is 0.734. The fourth-order valence-electron chi connectivity index (χ4n) is 1.18. The van der Waals surface area contributed by atoms with E-state index in [2.05, 4.69) is 27.2 Å². The highest BCUT2D eigenvalue weighted by Gasteiger charge is 2.04. The molecule has 0 aliphatic carbocycles. The fourth-order valence-corrected chi connectivity index (χ4v) is 1.37. The van der Waals surface area contributed by atoms with Gasteiger partial charge in [0.05, 0.1) is 6.33 Å². The second kappa shape index (κ2) is 3.21. The lowest BCUT2D eigenvalue weighted by molar-refractivity contribution is 0.591. The van der Waals surface area contributed by atoms with E-state index < -0.39 is 0 Å². The Morgan fingerprint density at radius 3 is 3.23 bits per heavy atom. The maximum Gasteiger partial charge on any atom is 0.166 e. The molecule has 2 aromatic heterocycles. The molecule has 2 heterocycles. The van der Waals surface area contributed by atoms with Gasteiger partial charge in [-0.25, -0.2) is 9.67 Å². The normalized spacial score (nSPS) is 10.8. The summed E-state index contributed by atoms with van der Waals surface area (Å²) in [5.74, 6) is 0. The van der Waals surface area contributed by atoms with Gasteiger partial charge in [-0.05, 0) is 6.42 Å².